The molecule has 0 heterocycles. The van der Waals surface area contributed by atoms with E-state index in [4.69, 9.17) is 0 Å². The highest BCUT2D eigenvalue weighted by atomic mass is 79.9. The molecule has 4 heteroatoms. The van der Waals surface area contributed by atoms with Crippen LogP contribution in [0, 0.1) is 6.92 Å². The molecule has 0 fully saturated rings. The van der Waals surface area contributed by atoms with Gasteiger partial charge in [0.2, 0.25) is 5.91 Å². The number of halogens is 1. The summed E-state index contributed by atoms with van der Waals surface area (Å²) < 4.78 is 1.05. The van der Waals surface area contributed by atoms with Gasteiger partial charge in [-0.25, -0.2) is 0 Å². The molecule has 0 aliphatic rings. The number of carbonyl (C=O) groups excluding carboxylic acids is 1. The van der Waals surface area contributed by atoms with Crippen molar-refractivity contribution in [3.8, 4) is 0 Å². The van der Waals surface area contributed by atoms with E-state index in [1.807, 2.05) is 62.3 Å². The molecule has 2 rings (SSSR count). The maximum Gasteiger partial charge on any atom is 0.224 e. The number of hydrogen-bond acceptors (Lipinski definition) is 2. The number of anilines is 2. The van der Waals surface area contributed by atoms with Crippen LogP contribution in [-0.2, 0) is 11.2 Å². The molecule has 22 heavy (non-hydrogen) atoms. The summed E-state index contributed by atoms with van der Waals surface area (Å²) in [4.78, 5) is 14.2. The third-order valence-electron chi connectivity index (χ3n) is 3.58. The van der Waals surface area contributed by atoms with Gasteiger partial charge in [0.25, 0.3) is 0 Å². The van der Waals surface area contributed by atoms with Gasteiger partial charge in [0.05, 0.1) is 0 Å². The fourth-order valence-corrected chi connectivity index (χ4v) is 2.71. The lowest BCUT2D eigenvalue weighted by Gasteiger charge is -2.15. The van der Waals surface area contributed by atoms with E-state index in [9.17, 15) is 4.79 Å². The van der Waals surface area contributed by atoms with E-state index in [-0.39, 0.29) is 5.91 Å². The molecule has 0 unspecified atom stereocenters. The van der Waals surface area contributed by atoms with Gasteiger partial charge in [-0.15, -0.1) is 0 Å². The third kappa shape index (κ3) is 4.34. The highest BCUT2D eigenvalue weighted by Gasteiger charge is 2.08. The van der Waals surface area contributed by atoms with E-state index >= 15 is 0 Å². The molecule has 1 amide bonds. The Morgan fingerprint density at radius 2 is 1.91 bits per heavy atom. The molecule has 0 aliphatic carbocycles. The topological polar surface area (TPSA) is 32.3 Å². The Morgan fingerprint density at radius 3 is 2.55 bits per heavy atom. The number of hydrogen-bond donors (Lipinski definition) is 1. The summed E-state index contributed by atoms with van der Waals surface area (Å²) in [7, 11) is 4.01. The molecule has 0 bridgehead atoms. The molecule has 0 saturated carbocycles. The van der Waals surface area contributed by atoms with Gasteiger partial charge in [0.15, 0.2) is 0 Å². The predicted octanol–water partition coefficient (Wildman–Crippen LogP) is 4.39. The van der Waals surface area contributed by atoms with Crippen molar-refractivity contribution in [1.29, 1.82) is 0 Å². The average molecular weight is 361 g/mol. The standard InChI is InChI=1S/C18H21BrN2O/c1-13-12-15(21(2)3)9-10-17(13)20-18(22)11-8-14-6-4-5-7-16(14)19/h4-7,9-10,12H,8,11H2,1-3H3,(H,20,22). The zero-order valence-corrected chi connectivity index (χ0v) is 14.8. The minimum absolute atomic E-state index is 0.0384. The van der Waals surface area contributed by atoms with Gasteiger partial charge < -0.3 is 10.2 Å². The Hall–Kier alpha value is -1.81. The van der Waals surface area contributed by atoms with Crippen LogP contribution < -0.4 is 10.2 Å². The summed E-state index contributed by atoms with van der Waals surface area (Å²) in [5, 5.41) is 2.99. The van der Waals surface area contributed by atoms with E-state index in [1.165, 1.54) is 0 Å². The summed E-state index contributed by atoms with van der Waals surface area (Å²) in [6, 6.07) is 14.0. The number of rotatable bonds is 5. The number of benzene rings is 2. The molecular formula is C18H21BrN2O. The van der Waals surface area contributed by atoms with Gasteiger partial charge in [0.1, 0.15) is 0 Å². The van der Waals surface area contributed by atoms with Crippen LogP contribution in [0.3, 0.4) is 0 Å². The SMILES string of the molecule is Cc1cc(N(C)C)ccc1NC(=O)CCc1ccccc1Br. The second-order valence-corrected chi connectivity index (χ2v) is 6.39. The summed E-state index contributed by atoms with van der Waals surface area (Å²) in [6.45, 7) is 2.01. The minimum Gasteiger partial charge on any atom is -0.378 e. The van der Waals surface area contributed by atoms with Crippen LogP contribution >= 0.6 is 15.9 Å². The Morgan fingerprint density at radius 1 is 1.18 bits per heavy atom. The molecule has 0 atom stereocenters. The molecule has 1 N–H and O–H groups in total. The van der Waals surface area contributed by atoms with Crippen molar-refractivity contribution in [1.82, 2.24) is 0 Å². The van der Waals surface area contributed by atoms with Gasteiger partial charge in [0, 0.05) is 36.4 Å². The van der Waals surface area contributed by atoms with Crippen molar-refractivity contribution in [3.63, 3.8) is 0 Å². The molecule has 116 valence electrons. The van der Waals surface area contributed by atoms with Crippen molar-refractivity contribution in [2.75, 3.05) is 24.3 Å². The largest absolute Gasteiger partial charge is 0.378 e. The normalized spacial score (nSPS) is 10.4. The average Bonchev–Trinajstić information content (AvgIpc) is 2.48. The van der Waals surface area contributed by atoms with Crippen LogP contribution in [0.2, 0.25) is 0 Å². The number of carbonyl (C=O) groups is 1. The van der Waals surface area contributed by atoms with Gasteiger partial charge in [-0.05, 0) is 48.7 Å². The van der Waals surface area contributed by atoms with Crippen LogP contribution in [0.15, 0.2) is 46.9 Å². The van der Waals surface area contributed by atoms with Crippen LogP contribution in [0.5, 0.6) is 0 Å². The second kappa shape index (κ2) is 7.45. The molecule has 0 aromatic heterocycles. The van der Waals surface area contributed by atoms with Crippen molar-refractivity contribution in [3.05, 3.63) is 58.1 Å². The van der Waals surface area contributed by atoms with Crippen molar-refractivity contribution in [2.24, 2.45) is 0 Å². The highest BCUT2D eigenvalue weighted by molar-refractivity contribution is 9.10. The minimum atomic E-state index is 0.0384. The zero-order valence-electron chi connectivity index (χ0n) is 13.2. The number of nitrogens with one attached hydrogen (secondary N) is 1. The lowest BCUT2D eigenvalue weighted by atomic mass is 10.1. The lowest BCUT2D eigenvalue weighted by molar-refractivity contribution is -0.116. The summed E-state index contributed by atoms with van der Waals surface area (Å²) >= 11 is 3.51. The Balaban J connectivity index is 1.96. The van der Waals surface area contributed by atoms with Crippen molar-refractivity contribution >= 4 is 33.2 Å². The lowest BCUT2D eigenvalue weighted by Crippen LogP contribution is -2.14. The maximum atomic E-state index is 12.1. The highest BCUT2D eigenvalue weighted by Crippen LogP contribution is 2.22. The Bertz CT molecular complexity index is 668. The number of amides is 1. The van der Waals surface area contributed by atoms with E-state index in [1.54, 1.807) is 0 Å². The molecular weight excluding hydrogens is 340 g/mol. The Kier molecular flexibility index (Phi) is 5.61. The van der Waals surface area contributed by atoms with Crippen LogP contribution in [-0.4, -0.2) is 20.0 Å². The molecule has 0 spiro atoms. The van der Waals surface area contributed by atoms with E-state index in [0.29, 0.717) is 6.42 Å². The number of aryl methyl sites for hydroxylation is 2. The zero-order chi connectivity index (χ0) is 16.1. The first-order valence-electron chi connectivity index (χ1n) is 7.28. The molecule has 3 nitrogen and oxygen atoms in total. The summed E-state index contributed by atoms with van der Waals surface area (Å²) in [6.07, 6.45) is 1.19. The number of nitrogens with zero attached hydrogens (tertiary/aromatic N) is 1. The first-order valence-corrected chi connectivity index (χ1v) is 8.08. The van der Waals surface area contributed by atoms with Gasteiger partial charge in [-0.1, -0.05) is 34.1 Å². The van der Waals surface area contributed by atoms with Gasteiger partial charge in [-0.2, -0.15) is 0 Å². The molecule has 0 aliphatic heterocycles. The van der Waals surface area contributed by atoms with Crippen molar-refractivity contribution in [2.45, 2.75) is 19.8 Å². The quantitative estimate of drug-likeness (QED) is 0.856. The molecule has 2 aromatic rings. The van der Waals surface area contributed by atoms with Gasteiger partial charge >= 0.3 is 0 Å². The first-order chi connectivity index (χ1) is 10.5. The third-order valence-corrected chi connectivity index (χ3v) is 4.35. The van der Waals surface area contributed by atoms with Crippen molar-refractivity contribution < 1.29 is 4.79 Å². The molecule has 2 aromatic carbocycles. The van der Waals surface area contributed by atoms with Crippen LogP contribution in [0.4, 0.5) is 11.4 Å². The second-order valence-electron chi connectivity index (χ2n) is 5.53. The first kappa shape index (κ1) is 16.6. The molecule has 0 saturated heterocycles. The van der Waals surface area contributed by atoms with E-state index < -0.39 is 0 Å². The van der Waals surface area contributed by atoms with Crippen LogP contribution in [0.25, 0.3) is 0 Å². The van der Waals surface area contributed by atoms with Crippen LogP contribution in [0.1, 0.15) is 17.5 Å². The van der Waals surface area contributed by atoms with E-state index in [0.717, 1.165) is 33.4 Å². The molecule has 0 radical (unpaired) electrons. The monoisotopic (exact) mass is 360 g/mol. The Labute approximate surface area is 140 Å². The smallest absolute Gasteiger partial charge is 0.224 e. The summed E-state index contributed by atoms with van der Waals surface area (Å²) in [5.41, 5.74) is 4.23. The predicted molar refractivity (Wildman–Crippen MR) is 96.6 cm³/mol. The van der Waals surface area contributed by atoms with E-state index in [2.05, 4.69) is 27.3 Å². The fourth-order valence-electron chi connectivity index (χ4n) is 2.23. The fraction of sp³-hybridized carbons (Fsp3) is 0.278. The maximum absolute atomic E-state index is 12.1. The van der Waals surface area contributed by atoms with Gasteiger partial charge in [-0.3, -0.25) is 4.79 Å². The summed E-state index contributed by atoms with van der Waals surface area (Å²) in [5.74, 6) is 0.0384.